The summed E-state index contributed by atoms with van der Waals surface area (Å²) >= 11 is 0. The monoisotopic (exact) mass is 276 g/mol. The molecule has 20 heavy (non-hydrogen) atoms. The second-order valence-corrected chi connectivity index (χ2v) is 5.04. The quantitative estimate of drug-likeness (QED) is 0.771. The maximum Gasteiger partial charge on any atom is 0.226 e. The number of ether oxygens (including phenoxy) is 1. The van der Waals surface area contributed by atoms with E-state index in [4.69, 9.17) is 4.74 Å². The summed E-state index contributed by atoms with van der Waals surface area (Å²) in [5, 5.41) is 6.65. The van der Waals surface area contributed by atoms with Crippen molar-refractivity contribution < 1.29 is 4.74 Å². The van der Waals surface area contributed by atoms with E-state index in [2.05, 4.69) is 44.4 Å². The van der Waals surface area contributed by atoms with Gasteiger partial charge in [0.2, 0.25) is 5.95 Å². The first kappa shape index (κ1) is 13.1. The molecule has 7 nitrogen and oxygen atoms in total. The highest BCUT2D eigenvalue weighted by Gasteiger charge is 2.25. The summed E-state index contributed by atoms with van der Waals surface area (Å²) in [6.45, 7) is 5.82. The number of imidazole rings is 1. The Hall–Kier alpha value is -1.89. The Morgan fingerprint density at radius 1 is 1.45 bits per heavy atom. The van der Waals surface area contributed by atoms with Crippen molar-refractivity contribution in [3.8, 4) is 0 Å². The van der Waals surface area contributed by atoms with Crippen molar-refractivity contribution in [2.45, 2.75) is 38.8 Å². The fourth-order valence-electron chi connectivity index (χ4n) is 2.35. The molecule has 0 radical (unpaired) electrons. The number of hydrogen-bond acceptors (Lipinski definition) is 6. The molecule has 3 heterocycles. The first-order valence-electron chi connectivity index (χ1n) is 7.11. The van der Waals surface area contributed by atoms with Crippen LogP contribution in [-0.2, 0) is 4.74 Å². The molecular weight excluding hydrogens is 256 g/mol. The van der Waals surface area contributed by atoms with Crippen LogP contribution in [0.2, 0.25) is 0 Å². The van der Waals surface area contributed by atoms with E-state index in [1.165, 1.54) is 0 Å². The molecule has 7 heteroatoms. The minimum atomic E-state index is 0.190. The predicted octanol–water partition coefficient (Wildman–Crippen LogP) is 1.76. The average Bonchev–Trinajstić information content (AvgIpc) is 3.06. The van der Waals surface area contributed by atoms with Gasteiger partial charge >= 0.3 is 0 Å². The molecule has 0 bridgehead atoms. The van der Waals surface area contributed by atoms with Crippen molar-refractivity contribution >= 4 is 22.9 Å². The van der Waals surface area contributed by atoms with Crippen molar-refractivity contribution in [1.82, 2.24) is 19.9 Å². The van der Waals surface area contributed by atoms with E-state index in [9.17, 15) is 0 Å². The predicted molar refractivity (Wildman–Crippen MR) is 77.9 cm³/mol. The number of fused-ring (bicyclic) bond motifs is 1. The van der Waals surface area contributed by atoms with Gasteiger partial charge in [0.25, 0.3) is 0 Å². The van der Waals surface area contributed by atoms with E-state index in [0.29, 0.717) is 11.6 Å². The summed E-state index contributed by atoms with van der Waals surface area (Å²) in [6.07, 6.45) is 3.84. The lowest BCUT2D eigenvalue weighted by atomic mass is 10.1. The lowest BCUT2D eigenvalue weighted by molar-refractivity contribution is 0.121. The third-order valence-electron chi connectivity index (χ3n) is 3.52. The molecule has 1 aliphatic heterocycles. The maximum atomic E-state index is 5.58. The largest absolute Gasteiger partial charge is 0.376 e. The van der Waals surface area contributed by atoms with Crippen molar-refractivity contribution in [3.05, 3.63) is 6.33 Å². The zero-order valence-electron chi connectivity index (χ0n) is 11.8. The topological polar surface area (TPSA) is 87.8 Å². The highest BCUT2D eigenvalue weighted by Crippen LogP contribution is 2.23. The van der Waals surface area contributed by atoms with Crippen LogP contribution in [0, 0.1) is 0 Å². The molecule has 2 aromatic heterocycles. The summed E-state index contributed by atoms with van der Waals surface area (Å²) < 4.78 is 5.58. The van der Waals surface area contributed by atoms with Crippen molar-refractivity contribution in [3.63, 3.8) is 0 Å². The molecule has 108 valence electrons. The van der Waals surface area contributed by atoms with Gasteiger partial charge < -0.3 is 20.4 Å². The van der Waals surface area contributed by atoms with Gasteiger partial charge in [-0.2, -0.15) is 9.97 Å². The first-order valence-corrected chi connectivity index (χ1v) is 7.11. The third-order valence-corrected chi connectivity index (χ3v) is 3.52. The average molecular weight is 276 g/mol. The summed E-state index contributed by atoms with van der Waals surface area (Å²) in [4.78, 5) is 16.3. The Morgan fingerprint density at radius 3 is 3.10 bits per heavy atom. The molecule has 2 atom stereocenters. The summed E-state index contributed by atoms with van der Waals surface area (Å²) in [6, 6.07) is 0.274. The van der Waals surface area contributed by atoms with Crippen LogP contribution in [0.5, 0.6) is 0 Å². The number of aromatic nitrogens is 4. The van der Waals surface area contributed by atoms with Crippen molar-refractivity contribution in [2.24, 2.45) is 0 Å². The highest BCUT2D eigenvalue weighted by molar-refractivity contribution is 5.83. The molecule has 0 spiro atoms. The second kappa shape index (κ2) is 5.62. The molecule has 2 unspecified atom stereocenters. The lowest BCUT2D eigenvalue weighted by Gasteiger charge is -2.17. The van der Waals surface area contributed by atoms with Crippen molar-refractivity contribution in [1.29, 1.82) is 0 Å². The number of hydrogen-bond donors (Lipinski definition) is 3. The minimum Gasteiger partial charge on any atom is -0.376 e. The van der Waals surface area contributed by atoms with Gasteiger partial charge in [-0.1, -0.05) is 6.92 Å². The van der Waals surface area contributed by atoms with Crippen LogP contribution < -0.4 is 10.6 Å². The molecule has 3 N–H and O–H groups in total. The Balaban J connectivity index is 1.88. The normalized spacial score (nSPS) is 22.3. The Labute approximate surface area is 117 Å². The molecular formula is C13H20N6O. The Kier molecular flexibility index (Phi) is 3.68. The first-order chi connectivity index (χ1) is 9.78. The molecule has 1 fully saturated rings. The van der Waals surface area contributed by atoms with Gasteiger partial charge in [0, 0.05) is 13.2 Å². The summed E-state index contributed by atoms with van der Waals surface area (Å²) in [7, 11) is 0. The molecule has 1 saturated heterocycles. The van der Waals surface area contributed by atoms with Gasteiger partial charge in [-0.05, 0) is 19.8 Å². The molecule has 1 aliphatic rings. The van der Waals surface area contributed by atoms with Gasteiger partial charge in [0.05, 0.1) is 18.5 Å². The standard InChI is InChI=1S/C13H20N6O/c1-3-5-14-13-18-11-10(15-7-16-11)12(19-13)17-9-4-6-20-8(9)2/h7-9H,3-6H2,1-2H3,(H3,14,15,16,17,18,19). The fraction of sp³-hybridized carbons (Fsp3) is 0.615. The number of nitrogens with zero attached hydrogens (tertiary/aromatic N) is 3. The number of anilines is 2. The van der Waals surface area contributed by atoms with Crippen LogP contribution in [0.3, 0.4) is 0 Å². The van der Waals surface area contributed by atoms with Crippen LogP contribution >= 0.6 is 0 Å². The Morgan fingerprint density at radius 2 is 2.35 bits per heavy atom. The van der Waals surface area contributed by atoms with Crippen LogP contribution in [0.25, 0.3) is 11.2 Å². The van der Waals surface area contributed by atoms with Crippen LogP contribution in [-0.4, -0.2) is 45.2 Å². The molecule has 0 amide bonds. The maximum absolute atomic E-state index is 5.58. The van der Waals surface area contributed by atoms with Gasteiger partial charge in [-0.3, -0.25) is 0 Å². The van der Waals surface area contributed by atoms with E-state index < -0.39 is 0 Å². The smallest absolute Gasteiger partial charge is 0.226 e. The van der Waals surface area contributed by atoms with Gasteiger partial charge in [0.1, 0.15) is 5.52 Å². The third kappa shape index (κ3) is 2.53. The number of rotatable bonds is 5. The zero-order chi connectivity index (χ0) is 13.9. The highest BCUT2D eigenvalue weighted by atomic mass is 16.5. The molecule has 0 aromatic carbocycles. The van der Waals surface area contributed by atoms with Gasteiger partial charge in [-0.15, -0.1) is 0 Å². The van der Waals surface area contributed by atoms with E-state index in [1.54, 1.807) is 6.33 Å². The molecule has 2 aromatic rings. The molecule has 3 rings (SSSR count). The number of nitrogens with one attached hydrogen (secondary N) is 3. The number of H-pyrrole nitrogens is 1. The number of aromatic amines is 1. The van der Waals surface area contributed by atoms with Crippen molar-refractivity contribution in [2.75, 3.05) is 23.8 Å². The molecule has 0 aliphatic carbocycles. The van der Waals surface area contributed by atoms with E-state index in [0.717, 1.165) is 37.3 Å². The minimum absolute atomic E-state index is 0.190. The fourth-order valence-corrected chi connectivity index (χ4v) is 2.35. The van der Waals surface area contributed by atoms with Gasteiger partial charge in [-0.25, -0.2) is 4.98 Å². The van der Waals surface area contributed by atoms with E-state index in [-0.39, 0.29) is 12.1 Å². The SMILES string of the molecule is CCCNc1nc(NC2CCOC2C)c2[nH]cnc2n1. The second-order valence-electron chi connectivity index (χ2n) is 5.04. The lowest BCUT2D eigenvalue weighted by Crippen LogP contribution is -2.27. The summed E-state index contributed by atoms with van der Waals surface area (Å²) in [5.41, 5.74) is 1.51. The van der Waals surface area contributed by atoms with E-state index in [1.807, 2.05) is 0 Å². The zero-order valence-corrected chi connectivity index (χ0v) is 11.8. The van der Waals surface area contributed by atoms with Gasteiger partial charge in [0.15, 0.2) is 11.5 Å². The molecule has 0 saturated carbocycles. The van der Waals surface area contributed by atoms with E-state index >= 15 is 0 Å². The van der Waals surface area contributed by atoms with Crippen LogP contribution in [0.15, 0.2) is 6.33 Å². The van der Waals surface area contributed by atoms with Crippen LogP contribution in [0.4, 0.5) is 11.8 Å². The Bertz CT molecular complexity index is 583. The summed E-state index contributed by atoms with van der Waals surface area (Å²) in [5.74, 6) is 1.40. The van der Waals surface area contributed by atoms with Crippen LogP contribution in [0.1, 0.15) is 26.7 Å².